The lowest BCUT2D eigenvalue weighted by molar-refractivity contribution is -0.124. The van der Waals surface area contributed by atoms with Crippen LogP contribution in [0.15, 0.2) is 41.6 Å². The summed E-state index contributed by atoms with van der Waals surface area (Å²) in [6, 6.07) is 4.98. The van der Waals surface area contributed by atoms with Gasteiger partial charge in [0.25, 0.3) is 0 Å². The molecule has 2 fully saturated rings. The first kappa shape index (κ1) is 23.5. The molecule has 1 saturated heterocycles. The van der Waals surface area contributed by atoms with Gasteiger partial charge in [-0.2, -0.15) is 0 Å². The Bertz CT molecular complexity index is 1020. The molecule has 4 rings (SSSR count). The number of phenols is 2. The van der Waals surface area contributed by atoms with Crippen molar-refractivity contribution in [2.24, 2.45) is 5.41 Å². The van der Waals surface area contributed by atoms with Crippen molar-refractivity contribution in [3.63, 3.8) is 0 Å². The van der Waals surface area contributed by atoms with Gasteiger partial charge in [-0.1, -0.05) is 39.0 Å². The second kappa shape index (κ2) is 8.58. The number of amides is 1. The maximum atomic E-state index is 13.2. The van der Waals surface area contributed by atoms with Crippen molar-refractivity contribution in [1.82, 2.24) is 10.2 Å². The Hall–Kier alpha value is -2.70. The largest absolute Gasteiger partial charge is 0.504 e. The number of benzene rings is 1. The highest BCUT2D eigenvalue weighted by Crippen LogP contribution is 2.50. The zero-order valence-corrected chi connectivity index (χ0v) is 20.1. The summed E-state index contributed by atoms with van der Waals surface area (Å²) < 4.78 is 0. The average molecular weight is 450 g/mol. The number of carbonyl (C=O) groups is 2. The van der Waals surface area contributed by atoms with Gasteiger partial charge in [0.1, 0.15) is 0 Å². The Morgan fingerprint density at radius 3 is 2.55 bits per heavy atom. The van der Waals surface area contributed by atoms with Crippen LogP contribution in [0.2, 0.25) is 0 Å². The maximum absolute atomic E-state index is 13.2. The maximum Gasteiger partial charge on any atom is 0.231 e. The lowest BCUT2D eigenvalue weighted by Crippen LogP contribution is -2.41. The third-order valence-electron chi connectivity index (χ3n) is 7.35. The second-order valence-corrected chi connectivity index (χ2v) is 11.0. The van der Waals surface area contributed by atoms with Crippen LogP contribution in [0.1, 0.15) is 64.9 Å². The monoisotopic (exact) mass is 450 g/mol. The Balaban J connectivity index is 1.47. The van der Waals surface area contributed by atoms with Crippen molar-refractivity contribution in [2.45, 2.75) is 76.8 Å². The van der Waals surface area contributed by atoms with E-state index < -0.39 is 5.41 Å². The molecule has 0 spiro atoms. The number of aromatic hydroxyl groups is 2. The van der Waals surface area contributed by atoms with E-state index in [9.17, 15) is 19.8 Å². The smallest absolute Gasteiger partial charge is 0.231 e. The summed E-state index contributed by atoms with van der Waals surface area (Å²) in [5.41, 5.74) is 3.01. The fourth-order valence-electron chi connectivity index (χ4n) is 5.28. The molecule has 0 bridgehead atoms. The molecule has 0 radical (unpaired) electrons. The van der Waals surface area contributed by atoms with E-state index in [1.54, 1.807) is 13.9 Å². The zero-order chi connectivity index (χ0) is 24.0. The van der Waals surface area contributed by atoms with E-state index in [4.69, 9.17) is 0 Å². The lowest BCUT2D eigenvalue weighted by atomic mass is 9.84. The molecule has 1 saturated carbocycles. The van der Waals surface area contributed by atoms with E-state index >= 15 is 0 Å². The van der Waals surface area contributed by atoms with Gasteiger partial charge in [0.15, 0.2) is 19.3 Å². The molecule has 1 aromatic rings. The molecule has 1 heterocycles. The van der Waals surface area contributed by atoms with Crippen LogP contribution in [0.25, 0.3) is 0 Å². The highest BCUT2D eigenvalue weighted by Gasteiger charge is 2.52. The van der Waals surface area contributed by atoms with Gasteiger partial charge in [0.05, 0.1) is 17.1 Å². The molecule has 1 aromatic carbocycles. The van der Waals surface area contributed by atoms with Crippen LogP contribution in [0, 0.1) is 5.41 Å². The highest BCUT2D eigenvalue weighted by atomic mass is 16.3. The predicted octanol–water partition coefficient (Wildman–Crippen LogP) is 2.89. The van der Waals surface area contributed by atoms with Crippen LogP contribution in [0.4, 0.5) is 0 Å². The Kier molecular flexibility index (Phi) is 6.10. The molecule has 3 aliphatic rings. The number of hydrogen-bond donors (Lipinski definition) is 3. The van der Waals surface area contributed by atoms with E-state index in [0.717, 1.165) is 44.2 Å². The molecule has 7 heteroatoms. The van der Waals surface area contributed by atoms with Crippen LogP contribution >= 0.6 is 0 Å². The number of fused-ring (bicyclic) bond motifs is 1. The number of hydrogen-bond acceptors (Lipinski definition) is 5. The molecule has 176 valence electrons. The quantitative estimate of drug-likeness (QED) is 0.439. The molecule has 6 nitrogen and oxygen atoms in total. The molecule has 2 unspecified atom stereocenters. The summed E-state index contributed by atoms with van der Waals surface area (Å²) >= 11 is 0. The number of likely N-dealkylation sites (tertiary alicyclic amines) is 1. The van der Waals surface area contributed by atoms with Crippen molar-refractivity contribution >= 4 is 19.4 Å². The molecule has 1 amide bonds. The summed E-state index contributed by atoms with van der Waals surface area (Å²) in [6.45, 7) is 7.65. The number of nitrogens with zero attached hydrogens (tertiary/aromatic N) is 1. The molecule has 3 N–H and O–H groups in total. The fourth-order valence-corrected chi connectivity index (χ4v) is 5.28. The van der Waals surface area contributed by atoms with E-state index in [1.165, 1.54) is 23.4 Å². The first-order valence-electron chi connectivity index (χ1n) is 12.0. The molecule has 0 aromatic heterocycles. The van der Waals surface area contributed by atoms with Gasteiger partial charge < -0.3 is 25.2 Å². The highest BCUT2D eigenvalue weighted by molar-refractivity contribution is 6.57. The van der Waals surface area contributed by atoms with Crippen molar-refractivity contribution in [3.05, 3.63) is 47.2 Å². The van der Waals surface area contributed by atoms with Gasteiger partial charge in [-0.15, -0.1) is 0 Å². The van der Waals surface area contributed by atoms with E-state index in [-0.39, 0.29) is 34.5 Å². The van der Waals surface area contributed by atoms with Crippen molar-refractivity contribution in [2.75, 3.05) is 6.54 Å². The van der Waals surface area contributed by atoms with Crippen LogP contribution in [0.3, 0.4) is 0 Å². The summed E-state index contributed by atoms with van der Waals surface area (Å²) in [7, 11) is 1.65. The normalized spacial score (nSPS) is 23.4. The van der Waals surface area contributed by atoms with Crippen LogP contribution in [-0.4, -0.2) is 53.2 Å². The van der Waals surface area contributed by atoms with Gasteiger partial charge in [-0.25, -0.2) is 0 Å². The van der Waals surface area contributed by atoms with Crippen molar-refractivity contribution in [3.8, 4) is 11.5 Å². The molecular formula is C26H35BN2O4. The molecular weight excluding hydrogens is 415 g/mol. The van der Waals surface area contributed by atoms with Crippen LogP contribution < -0.4 is 5.32 Å². The standard InChI is InChI=1S/C26H35BN2O4/c1-25(2,3)22-14-16-13-18(7-8-19(16)29(22)12-4-5-23(27)32)28-24(33)26(10-11-26)17-6-9-20(30)21(31)15-17/h6,8-9,13,15,18,22,30-31H,4-5,7,10-12,14,27H2,1-3H3,(H,28,33). The fraction of sp³-hybridized carbons (Fsp3) is 0.538. The predicted molar refractivity (Wildman–Crippen MR) is 131 cm³/mol. The summed E-state index contributed by atoms with van der Waals surface area (Å²) in [6.07, 6.45) is 9.07. The minimum absolute atomic E-state index is 0.0185. The third kappa shape index (κ3) is 4.68. The van der Waals surface area contributed by atoms with Crippen LogP contribution in [-0.2, 0) is 15.0 Å². The van der Waals surface area contributed by atoms with Gasteiger partial charge in [0.2, 0.25) is 5.91 Å². The Labute approximate surface area is 197 Å². The van der Waals surface area contributed by atoms with Crippen molar-refractivity contribution < 1.29 is 19.8 Å². The first-order valence-corrected chi connectivity index (χ1v) is 12.0. The minimum Gasteiger partial charge on any atom is -0.504 e. The molecule has 2 aliphatic carbocycles. The topological polar surface area (TPSA) is 89.9 Å². The Morgan fingerprint density at radius 1 is 1.21 bits per heavy atom. The SMILES string of the molecule is BC(=O)CCCN1C2=CCC(NC(=O)C3(c4ccc(O)c(O)c4)CC3)C=C2CC1C(C)(C)C. The second-order valence-electron chi connectivity index (χ2n) is 11.0. The van der Waals surface area contributed by atoms with Crippen molar-refractivity contribution in [1.29, 1.82) is 0 Å². The molecule has 1 aliphatic heterocycles. The van der Waals surface area contributed by atoms with Crippen LogP contribution in [0.5, 0.6) is 11.5 Å². The van der Waals surface area contributed by atoms with E-state index in [1.807, 2.05) is 0 Å². The van der Waals surface area contributed by atoms with E-state index in [0.29, 0.717) is 12.5 Å². The summed E-state index contributed by atoms with van der Waals surface area (Å²) in [5.74, 6) is -0.384. The number of nitrogens with one attached hydrogen (secondary N) is 1. The lowest BCUT2D eigenvalue weighted by Gasteiger charge is -2.37. The summed E-state index contributed by atoms with van der Waals surface area (Å²) in [4.78, 5) is 27.1. The number of rotatable bonds is 7. The zero-order valence-electron chi connectivity index (χ0n) is 20.1. The first-order chi connectivity index (χ1) is 15.5. The molecule has 33 heavy (non-hydrogen) atoms. The van der Waals surface area contributed by atoms with Gasteiger partial charge in [-0.3, -0.25) is 4.79 Å². The van der Waals surface area contributed by atoms with Gasteiger partial charge in [0, 0.05) is 18.3 Å². The third-order valence-corrected chi connectivity index (χ3v) is 7.35. The average Bonchev–Trinajstić information content (AvgIpc) is 3.46. The minimum atomic E-state index is -0.615. The molecule has 2 atom stereocenters. The van der Waals surface area contributed by atoms with Gasteiger partial charge >= 0.3 is 0 Å². The Morgan fingerprint density at radius 2 is 1.94 bits per heavy atom. The van der Waals surface area contributed by atoms with Gasteiger partial charge in [-0.05, 0) is 67.2 Å². The number of carbonyl (C=O) groups excluding carboxylic acids is 2. The number of phenolic OH excluding ortho intramolecular Hbond substituents is 2. The van der Waals surface area contributed by atoms with E-state index in [2.05, 4.69) is 43.1 Å². The number of allylic oxidation sites excluding steroid dienone is 1. The summed E-state index contributed by atoms with van der Waals surface area (Å²) in [5, 5.41) is 22.7.